The summed E-state index contributed by atoms with van der Waals surface area (Å²) in [5, 5.41) is 3.72. The molecule has 11 heteroatoms. The lowest BCUT2D eigenvalue weighted by Crippen LogP contribution is -2.16. The van der Waals surface area contributed by atoms with E-state index in [1.165, 1.54) is 6.07 Å². The number of benzene rings is 2. The summed E-state index contributed by atoms with van der Waals surface area (Å²) in [4.78, 5) is 19.1. The second-order valence-electron chi connectivity index (χ2n) is 5.62. The van der Waals surface area contributed by atoms with E-state index >= 15 is 0 Å². The van der Waals surface area contributed by atoms with E-state index in [2.05, 4.69) is 15.3 Å². The van der Waals surface area contributed by atoms with Crippen molar-refractivity contribution in [1.82, 2.24) is 9.97 Å². The lowest BCUT2D eigenvalue weighted by Gasteiger charge is -2.18. The van der Waals surface area contributed by atoms with Crippen LogP contribution in [0.3, 0.4) is 0 Å². The van der Waals surface area contributed by atoms with Gasteiger partial charge in [-0.1, -0.05) is 17.7 Å². The van der Waals surface area contributed by atoms with Crippen LogP contribution >= 0.6 is 11.6 Å². The second kappa shape index (κ2) is 6.88. The van der Waals surface area contributed by atoms with Crippen molar-refractivity contribution in [3.63, 3.8) is 0 Å². The normalized spacial score (nSPS) is 11.6. The molecular weight excluding hydrogens is 385 g/mol. The summed E-state index contributed by atoms with van der Waals surface area (Å²) in [5.41, 5.74) is 11.3. The van der Waals surface area contributed by atoms with E-state index in [0.717, 1.165) is 17.1 Å². The molecule has 0 saturated heterocycles. The molecule has 3 rings (SSSR count). The maximum atomic E-state index is 13.0. The summed E-state index contributed by atoms with van der Waals surface area (Å²) in [7, 11) is 0. The lowest BCUT2D eigenvalue weighted by molar-refractivity contribution is -0.137. The van der Waals surface area contributed by atoms with Gasteiger partial charge in [0.05, 0.1) is 33.6 Å². The Morgan fingerprint density at radius 1 is 1.11 bits per heavy atom. The number of nitroso groups, excluding NO2 is 1. The smallest absolute Gasteiger partial charge is 0.383 e. The quantitative estimate of drug-likeness (QED) is 0.506. The molecule has 140 valence electrons. The maximum Gasteiger partial charge on any atom is 0.417 e. The molecule has 3 aromatic rings. The molecule has 0 amide bonds. The number of nitrogens with two attached hydrogens (primary N) is 2. The van der Waals surface area contributed by atoms with Crippen LogP contribution in [0.2, 0.25) is 5.02 Å². The molecule has 2 aromatic carbocycles. The Hall–Kier alpha value is -3.14. The van der Waals surface area contributed by atoms with Crippen LogP contribution in [0.15, 0.2) is 41.7 Å². The van der Waals surface area contributed by atoms with E-state index < -0.39 is 16.8 Å². The first kappa shape index (κ1) is 18.6. The van der Waals surface area contributed by atoms with Crippen molar-refractivity contribution in [3.8, 4) is 0 Å². The van der Waals surface area contributed by atoms with Crippen LogP contribution in [0.25, 0.3) is 10.9 Å². The Labute approximate surface area is 155 Å². The Kier molecular flexibility index (Phi) is 4.75. The van der Waals surface area contributed by atoms with Gasteiger partial charge in [0, 0.05) is 5.39 Å². The van der Waals surface area contributed by atoms with Gasteiger partial charge in [0.1, 0.15) is 5.82 Å². The third kappa shape index (κ3) is 3.85. The SMILES string of the molecule is Nc1nc(N)c2cc(CN(N=O)c3ccc(Cl)c(C(F)(F)F)c3)ccc2n1. The average Bonchev–Trinajstić information content (AvgIpc) is 2.59. The molecule has 4 N–H and O–H groups in total. The van der Waals surface area contributed by atoms with Gasteiger partial charge in [-0.05, 0) is 35.9 Å². The standard InChI is InChI=1S/C16H12ClF3N6O/c17-12-3-2-9(6-11(12)16(18,19)20)26(25-27)7-8-1-4-13-10(5-8)14(21)24-15(22)23-13/h1-6H,7H2,(H4,21,22,23,24). The minimum absolute atomic E-state index is 0.0183. The Morgan fingerprint density at radius 2 is 1.85 bits per heavy atom. The Bertz CT molecular complexity index is 1030. The van der Waals surface area contributed by atoms with E-state index in [9.17, 15) is 18.1 Å². The van der Waals surface area contributed by atoms with Gasteiger partial charge < -0.3 is 11.5 Å². The molecule has 0 aliphatic heterocycles. The molecule has 0 bridgehead atoms. The van der Waals surface area contributed by atoms with E-state index in [1.54, 1.807) is 18.2 Å². The van der Waals surface area contributed by atoms with Crippen LogP contribution in [0, 0.1) is 4.91 Å². The summed E-state index contributed by atoms with van der Waals surface area (Å²) in [6, 6.07) is 7.97. The number of hydrogen-bond donors (Lipinski definition) is 2. The van der Waals surface area contributed by atoms with Crippen molar-refractivity contribution in [2.75, 3.05) is 16.5 Å². The molecule has 0 aliphatic carbocycles. The number of nitrogen functional groups attached to an aromatic ring is 2. The van der Waals surface area contributed by atoms with Gasteiger partial charge in [-0.3, -0.25) is 0 Å². The number of anilines is 3. The van der Waals surface area contributed by atoms with Crippen LogP contribution in [-0.4, -0.2) is 9.97 Å². The number of aromatic nitrogens is 2. The summed E-state index contributed by atoms with van der Waals surface area (Å²) >= 11 is 5.60. The molecule has 0 fully saturated rings. The second-order valence-corrected chi connectivity index (χ2v) is 6.03. The van der Waals surface area contributed by atoms with Crippen molar-refractivity contribution in [1.29, 1.82) is 0 Å². The molecule has 0 radical (unpaired) electrons. The van der Waals surface area contributed by atoms with Crippen molar-refractivity contribution in [2.24, 2.45) is 5.29 Å². The number of nitrogens with zero attached hydrogens (tertiary/aromatic N) is 4. The van der Waals surface area contributed by atoms with E-state index in [0.29, 0.717) is 16.5 Å². The molecule has 0 aliphatic rings. The predicted octanol–water partition coefficient (Wildman–Crippen LogP) is 4.15. The van der Waals surface area contributed by atoms with Gasteiger partial charge in [-0.25, -0.2) is 9.99 Å². The summed E-state index contributed by atoms with van der Waals surface area (Å²) in [5.74, 6) is 0.167. The molecule has 7 nitrogen and oxygen atoms in total. The van der Waals surface area contributed by atoms with Crippen LogP contribution < -0.4 is 16.5 Å². The zero-order valence-corrected chi connectivity index (χ0v) is 14.3. The van der Waals surface area contributed by atoms with E-state index in [1.807, 2.05) is 0 Å². The number of hydrogen-bond acceptors (Lipinski definition) is 6. The van der Waals surface area contributed by atoms with Crippen LogP contribution in [0.1, 0.15) is 11.1 Å². The molecule has 0 saturated carbocycles. The van der Waals surface area contributed by atoms with Gasteiger partial charge in [0.2, 0.25) is 5.95 Å². The highest BCUT2D eigenvalue weighted by atomic mass is 35.5. The minimum atomic E-state index is -4.66. The largest absolute Gasteiger partial charge is 0.417 e. The number of halogens is 4. The summed E-state index contributed by atoms with van der Waals surface area (Å²) in [6.07, 6.45) is -4.66. The summed E-state index contributed by atoms with van der Waals surface area (Å²) in [6.45, 7) is -0.0951. The molecule has 1 aromatic heterocycles. The first-order chi connectivity index (χ1) is 12.7. The first-order valence-electron chi connectivity index (χ1n) is 7.48. The van der Waals surface area contributed by atoms with Crippen LogP contribution in [0.5, 0.6) is 0 Å². The van der Waals surface area contributed by atoms with Crippen LogP contribution in [0.4, 0.5) is 30.6 Å². The van der Waals surface area contributed by atoms with Gasteiger partial charge in [0.15, 0.2) is 0 Å². The number of rotatable bonds is 4. The van der Waals surface area contributed by atoms with E-state index in [4.69, 9.17) is 23.1 Å². The molecule has 0 atom stereocenters. The van der Waals surface area contributed by atoms with Crippen LogP contribution in [-0.2, 0) is 12.7 Å². The predicted molar refractivity (Wildman–Crippen MR) is 96.8 cm³/mol. The average molecular weight is 397 g/mol. The first-order valence-corrected chi connectivity index (χ1v) is 7.86. The molecular formula is C16H12ClF3N6O. The third-order valence-corrected chi connectivity index (χ3v) is 4.12. The zero-order valence-electron chi connectivity index (χ0n) is 13.5. The third-order valence-electron chi connectivity index (χ3n) is 3.79. The number of fused-ring (bicyclic) bond motifs is 1. The van der Waals surface area contributed by atoms with Gasteiger partial charge in [-0.2, -0.15) is 18.2 Å². The Morgan fingerprint density at radius 3 is 2.52 bits per heavy atom. The fourth-order valence-corrected chi connectivity index (χ4v) is 2.77. The zero-order chi connectivity index (χ0) is 19.8. The molecule has 0 unspecified atom stereocenters. The maximum absolute atomic E-state index is 13.0. The fraction of sp³-hybridized carbons (Fsp3) is 0.125. The van der Waals surface area contributed by atoms with E-state index in [-0.39, 0.29) is 24.0 Å². The van der Waals surface area contributed by atoms with Gasteiger partial charge >= 0.3 is 6.18 Å². The highest BCUT2D eigenvalue weighted by Gasteiger charge is 2.33. The van der Waals surface area contributed by atoms with Crippen molar-refractivity contribution in [2.45, 2.75) is 12.7 Å². The van der Waals surface area contributed by atoms with Gasteiger partial charge in [-0.15, -0.1) is 4.91 Å². The number of alkyl halides is 3. The molecule has 0 spiro atoms. The highest BCUT2D eigenvalue weighted by molar-refractivity contribution is 6.31. The topological polar surface area (TPSA) is 110 Å². The molecule has 27 heavy (non-hydrogen) atoms. The minimum Gasteiger partial charge on any atom is -0.383 e. The molecule has 1 heterocycles. The van der Waals surface area contributed by atoms with Crippen molar-refractivity contribution < 1.29 is 13.2 Å². The summed E-state index contributed by atoms with van der Waals surface area (Å²) < 4.78 is 39.1. The van der Waals surface area contributed by atoms with Crippen molar-refractivity contribution in [3.05, 3.63) is 57.5 Å². The van der Waals surface area contributed by atoms with Gasteiger partial charge in [0.25, 0.3) is 0 Å². The highest BCUT2D eigenvalue weighted by Crippen LogP contribution is 2.37. The Balaban J connectivity index is 1.96. The fourth-order valence-electron chi connectivity index (χ4n) is 2.55. The van der Waals surface area contributed by atoms with Crippen molar-refractivity contribution >= 4 is 40.0 Å². The lowest BCUT2D eigenvalue weighted by atomic mass is 10.1. The monoisotopic (exact) mass is 396 g/mol.